The molecular formula is C27H27N3O5. The Labute approximate surface area is 203 Å². The number of carbonyl (C=O) groups excluding carboxylic acids is 3. The van der Waals surface area contributed by atoms with E-state index < -0.39 is 17.5 Å². The Hall–Kier alpha value is -4.07. The summed E-state index contributed by atoms with van der Waals surface area (Å²) in [5.41, 5.74) is 4.63. The number of benzene rings is 2. The maximum atomic E-state index is 13.4. The van der Waals surface area contributed by atoms with Crippen LogP contribution in [-0.2, 0) is 10.3 Å². The minimum absolute atomic E-state index is 0.108. The van der Waals surface area contributed by atoms with E-state index in [4.69, 9.17) is 9.47 Å². The third-order valence-corrected chi connectivity index (χ3v) is 6.72. The van der Waals surface area contributed by atoms with Crippen molar-refractivity contribution in [1.82, 2.24) is 14.8 Å². The quantitative estimate of drug-likeness (QED) is 0.445. The molecule has 2 aliphatic rings. The molecule has 5 rings (SSSR count). The van der Waals surface area contributed by atoms with Crippen molar-refractivity contribution in [3.63, 3.8) is 0 Å². The van der Waals surface area contributed by atoms with Crippen molar-refractivity contribution < 1.29 is 23.9 Å². The van der Waals surface area contributed by atoms with Crippen LogP contribution in [0.3, 0.4) is 0 Å². The summed E-state index contributed by atoms with van der Waals surface area (Å²) in [4.78, 5) is 40.5. The summed E-state index contributed by atoms with van der Waals surface area (Å²) >= 11 is 0. The molecule has 3 aromatic rings. The molecule has 1 aromatic heterocycles. The number of rotatable bonds is 5. The lowest BCUT2D eigenvalue weighted by atomic mass is 9.91. The topological polar surface area (TPSA) is 89.9 Å². The Bertz CT molecular complexity index is 1390. The van der Waals surface area contributed by atoms with E-state index in [1.807, 2.05) is 38.3 Å². The van der Waals surface area contributed by atoms with Crippen LogP contribution in [0.15, 0.2) is 42.5 Å². The molecule has 1 fully saturated rings. The van der Waals surface area contributed by atoms with Crippen molar-refractivity contribution >= 4 is 17.7 Å². The predicted octanol–water partition coefficient (Wildman–Crippen LogP) is 4.09. The second-order valence-corrected chi connectivity index (χ2v) is 9.40. The molecule has 0 aliphatic carbocycles. The van der Waals surface area contributed by atoms with Crippen molar-refractivity contribution in [2.45, 2.75) is 40.2 Å². The highest BCUT2D eigenvalue weighted by atomic mass is 16.7. The fraction of sp³-hybridized carbons (Fsp3) is 0.296. The van der Waals surface area contributed by atoms with Gasteiger partial charge in [0.15, 0.2) is 17.3 Å². The molecule has 0 bridgehead atoms. The first-order valence-electron chi connectivity index (χ1n) is 11.4. The minimum atomic E-state index is -1.31. The molecule has 0 saturated carbocycles. The lowest BCUT2D eigenvalue weighted by Crippen LogP contribution is -2.41. The van der Waals surface area contributed by atoms with E-state index >= 15 is 0 Å². The van der Waals surface area contributed by atoms with E-state index in [1.54, 1.807) is 25.1 Å². The fourth-order valence-corrected chi connectivity index (χ4v) is 4.99. The molecule has 35 heavy (non-hydrogen) atoms. The number of urea groups is 1. The molecule has 0 radical (unpaired) electrons. The van der Waals surface area contributed by atoms with Crippen LogP contribution in [-0.4, -0.2) is 40.5 Å². The lowest BCUT2D eigenvalue weighted by Gasteiger charge is -2.22. The number of aromatic nitrogens is 1. The van der Waals surface area contributed by atoms with E-state index in [0.717, 1.165) is 33.1 Å². The Balaban J connectivity index is 1.41. The van der Waals surface area contributed by atoms with Crippen molar-refractivity contribution in [1.29, 1.82) is 0 Å². The van der Waals surface area contributed by atoms with Crippen LogP contribution in [0.2, 0.25) is 0 Å². The smallest absolute Gasteiger partial charge is 0.325 e. The number of hydrogen-bond acceptors (Lipinski definition) is 5. The Morgan fingerprint density at radius 1 is 0.971 bits per heavy atom. The third kappa shape index (κ3) is 3.65. The van der Waals surface area contributed by atoms with Gasteiger partial charge in [0.2, 0.25) is 6.79 Å². The van der Waals surface area contributed by atoms with Crippen LogP contribution < -0.4 is 14.8 Å². The molecule has 1 unspecified atom stereocenters. The van der Waals surface area contributed by atoms with Gasteiger partial charge in [0, 0.05) is 22.6 Å². The number of hydrogen-bond donors (Lipinski definition) is 1. The number of fused-ring (bicyclic) bond motifs is 1. The molecule has 2 aromatic carbocycles. The van der Waals surface area contributed by atoms with Gasteiger partial charge >= 0.3 is 6.03 Å². The van der Waals surface area contributed by atoms with E-state index in [2.05, 4.69) is 23.5 Å². The maximum absolute atomic E-state index is 13.4. The Morgan fingerprint density at radius 2 is 1.66 bits per heavy atom. The standard InChI is InChI=1S/C27H27N3O5/c1-15-8-16(2)10-20(9-15)30-17(3)11-21(18(30)4)22(31)13-29-25(32)27(5,28-26(29)33)19-6-7-23-24(12-19)35-14-34-23/h6-12H,13-14H2,1-5H3,(H,28,33). The highest BCUT2D eigenvalue weighted by molar-refractivity contribution is 6.11. The molecule has 8 heteroatoms. The lowest BCUT2D eigenvalue weighted by molar-refractivity contribution is -0.130. The molecule has 1 saturated heterocycles. The van der Waals surface area contributed by atoms with Gasteiger partial charge in [-0.1, -0.05) is 12.1 Å². The second kappa shape index (κ2) is 8.01. The van der Waals surface area contributed by atoms with Crippen LogP contribution in [0.1, 0.15) is 45.4 Å². The molecule has 0 spiro atoms. The van der Waals surface area contributed by atoms with Crippen LogP contribution in [0.5, 0.6) is 11.5 Å². The van der Waals surface area contributed by atoms with Crippen molar-refractivity contribution in [2.75, 3.05) is 13.3 Å². The highest BCUT2D eigenvalue weighted by Crippen LogP contribution is 2.38. The number of nitrogens with zero attached hydrogens (tertiary/aromatic N) is 2. The summed E-state index contributed by atoms with van der Waals surface area (Å²) < 4.78 is 12.8. The van der Waals surface area contributed by atoms with Crippen molar-refractivity contribution in [3.8, 4) is 17.2 Å². The number of carbonyl (C=O) groups is 3. The van der Waals surface area contributed by atoms with E-state index in [9.17, 15) is 14.4 Å². The Morgan fingerprint density at radius 3 is 2.37 bits per heavy atom. The summed E-state index contributed by atoms with van der Waals surface area (Å²) in [5.74, 6) is 0.310. The van der Waals surface area contributed by atoms with Gasteiger partial charge < -0.3 is 19.4 Å². The van der Waals surface area contributed by atoms with Crippen LogP contribution in [0.4, 0.5) is 4.79 Å². The number of aryl methyl sites for hydroxylation is 3. The van der Waals surface area contributed by atoms with Gasteiger partial charge in [0.05, 0.1) is 6.54 Å². The zero-order valence-electron chi connectivity index (χ0n) is 20.4. The van der Waals surface area contributed by atoms with Gasteiger partial charge in [0.25, 0.3) is 5.91 Å². The maximum Gasteiger partial charge on any atom is 0.325 e. The van der Waals surface area contributed by atoms with E-state index in [-0.39, 0.29) is 19.1 Å². The molecule has 1 atom stereocenters. The molecule has 3 heterocycles. The van der Waals surface area contributed by atoms with Crippen LogP contribution in [0, 0.1) is 27.7 Å². The van der Waals surface area contributed by atoms with Crippen molar-refractivity contribution in [2.24, 2.45) is 0 Å². The van der Waals surface area contributed by atoms with Crippen LogP contribution in [0.25, 0.3) is 5.69 Å². The van der Waals surface area contributed by atoms with E-state index in [1.165, 1.54) is 0 Å². The summed E-state index contributed by atoms with van der Waals surface area (Å²) in [6.07, 6.45) is 0. The van der Waals surface area contributed by atoms with Gasteiger partial charge in [-0.2, -0.15) is 0 Å². The normalized spacial score (nSPS) is 18.8. The molecule has 2 aliphatic heterocycles. The zero-order valence-corrected chi connectivity index (χ0v) is 20.4. The first kappa shape index (κ1) is 22.7. The molecule has 8 nitrogen and oxygen atoms in total. The average molecular weight is 474 g/mol. The predicted molar refractivity (Wildman–Crippen MR) is 129 cm³/mol. The van der Waals surface area contributed by atoms with Gasteiger partial charge in [-0.15, -0.1) is 0 Å². The second-order valence-electron chi connectivity index (χ2n) is 9.40. The first-order valence-corrected chi connectivity index (χ1v) is 11.4. The number of nitrogens with one attached hydrogen (secondary N) is 1. The Kier molecular flexibility index (Phi) is 5.20. The number of amides is 3. The molecular weight excluding hydrogens is 446 g/mol. The largest absolute Gasteiger partial charge is 0.454 e. The molecule has 180 valence electrons. The third-order valence-electron chi connectivity index (χ3n) is 6.72. The monoisotopic (exact) mass is 473 g/mol. The SMILES string of the molecule is Cc1cc(C)cc(-n2c(C)cc(C(=O)CN3C(=O)NC(C)(c4ccc5c(c4)OCO5)C3=O)c2C)c1. The summed E-state index contributed by atoms with van der Waals surface area (Å²) in [5, 5.41) is 2.75. The van der Waals surface area contributed by atoms with Gasteiger partial charge in [-0.05, 0) is 81.6 Å². The van der Waals surface area contributed by atoms with Gasteiger partial charge in [-0.25, -0.2) is 4.79 Å². The van der Waals surface area contributed by atoms with Crippen molar-refractivity contribution in [3.05, 3.63) is 76.1 Å². The fourth-order valence-electron chi connectivity index (χ4n) is 4.99. The van der Waals surface area contributed by atoms with Gasteiger partial charge in [0.1, 0.15) is 5.54 Å². The average Bonchev–Trinajstić information content (AvgIpc) is 3.44. The summed E-state index contributed by atoms with van der Waals surface area (Å²) in [6.45, 7) is 9.27. The summed E-state index contributed by atoms with van der Waals surface area (Å²) in [6, 6.07) is 12.5. The molecule has 1 N–H and O–H groups in total. The summed E-state index contributed by atoms with van der Waals surface area (Å²) in [7, 11) is 0. The minimum Gasteiger partial charge on any atom is -0.454 e. The first-order chi connectivity index (χ1) is 16.6. The van der Waals surface area contributed by atoms with E-state index in [0.29, 0.717) is 22.6 Å². The van der Waals surface area contributed by atoms with Gasteiger partial charge in [-0.3, -0.25) is 14.5 Å². The van der Waals surface area contributed by atoms with Crippen LogP contribution >= 0.6 is 0 Å². The number of Topliss-reactive ketones (excluding diaryl/α,β-unsaturated/α-hetero) is 1. The highest BCUT2D eigenvalue weighted by Gasteiger charge is 2.50. The number of imide groups is 1. The zero-order chi connectivity index (χ0) is 25.1. The number of ketones is 1. The molecule has 3 amide bonds. The number of ether oxygens (including phenoxy) is 2.